The zero-order valence-corrected chi connectivity index (χ0v) is 12.3. The Morgan fingerprint density at radius 1 is 1.32 bits per heavy atom. The molecule has 0 radical (unpaired) electrons. The van der Waals surface area contributed by atoms with Gasteiger partial charge in [0.15, 0.2) is 0 Å². The van der Waals surface area contributed by atoms with E-state index in [-0.39, 0.29) is 17.3 Å². The van der Waals surface area contributed by atoms with Gasteiger partial charge in [0.1, 0.15) is 18.0 Å². The minimum Gasteiger partial charge on any atom is -0.457 e. The molecule has 0 fully saturated rings. The number of benzene rings is 1. The Kier molecular flexibility index (Phi) is 4.20. The number of furan rings is 1. The lowest BCUT2D eigenvalue weighted by Gasteiger charge is -2.16. The van der Waals surface area contributed by atoms with E-state index in [2.05, 4.69) is 20.8 Å². The van der Waals surface area contributed by atoms with Gasteiger partial charge in [-0.15, -0.1) is 11.8 Å². The predicted octanol–water partition coefficient (Wildman–Crippen LogP) is 4.01. The first-order chi connectivity index (χ1) is 8.94. The Balaban J connectivity index is 1.86. The number of esters is 1. The zero-order valence-electron chi connectivity index (χ0n) is 11.4. The molecule has 0 unspecified atom stereocenters. The molecular weight excluding hydrogens is 260 g/mol. The molecule has 0 saturated heterocycles. The molecule has 19 heavy (non-hydrogen) atoms. The van der Waals surface area contributed by atoms with Gasteiger partial charge < -0.3 is 9.15 Å². The predicted molar refractivity (Wildman–Crippen MR) is 78.2 cm³/mol. The van der Waals surface area contributed by atoms with Crippen LogP contribution < -0.4 is 0 Å². The molecule has 1 heterocycles. The van der Waals surface area contributed by atoms with Gasteiger partial charge in [-0.1, -0.05) is 39.0 Å². The Hall–Kier alpha value is -1.42. The molecule has 102 valence electrons. The average molecular weight is 278 g/mol. The summed E-state index contributed by atoms with van der Waals surface area (Å²) < 4.78 is 10.8. The normalized spacial score (nSPS) is 11.7. The summed E-state index contributed by atoms with van der Waals surface area (Å²) in [6.45, 7) is 6.41. The Labute approximate surface area is 117 Å². The van der Waals surface area contributed by atoms with Crippen molar-refractivity contribution in [2.24, 2.45) is 0 Å². The van der Waals surface area contributed by atoms with E-state index in [4.69, 9.17) is 9.15 Å². The molecule has 0 N–H and O–H groups in total. The number of hydrogen-bond donors (Lipinski definition) is 0. The minimum atomic E-state index is -0.208. The van der Waals surface area contributed by atoms with Gasteiger partial charge >= 0.3 is 5.97 Å². The van der Waals surface area contributed by atoms with Gasteiger partial charge in [0, 0.05) is 10.1 Å². The lowest BCUT2D eigenvalue weighted by Crippen LogP contribution is -2.14. The molecule has 4 heteroatoms. The van der Waals surface area contributed by atoms with Gasteiger partial charge in [-0.25, -0.2) is 0 Å². The molecule has 2 rings (SSSR count). The summed E-state index contributed by atoms with van der Waals surface area (Å²) in [7, 11) is 0. The lowest BCUT2D eigenvalue weighted by molar-refractivity contribution is -0.142. The van der Waals surface area contributed by atoms with E-state index >= 15 is 0 Å². The molecular formula is C15H18O3S. The highest BCUT2D eigenvalue weighted by Crippen LogP contribution is 2.23. The Morgan fingerprint density at radius 2 is 2.05 bits per heavy atom. The molecule has 0 spiro atoms. The SMILES string of the molecule is CC(C)(C)SCC(=O)OCc1cc2ccccc2o1. The number of carbonyl (C=O) groups is 1. The number of hydrogen-bond acceptors (Lipinski definition) is 4. The standard InChI is InChI=1S/C15H18O3S/c1-15(2,3)19-10-14(16)17-9-12-8-11-6-4-5-7-13(11)18-12/h4-8H,9-10H2,1-3H3. The highest BCUT2D eigenvalue weighted by atomic mass is 32.2. The maximum atomic E-state index is 11.6. The van der Waals surface area contributed by atoms with E-state index in [0.29, 0.717) is 11.5 Å². The fourth-order valence-corrected chi connectivity index (χ4v) is 2.21. The van der Waals surface area contributed by atoms with Crippen molar-refractivity contribution in [1.29, 1.82) is 0 Å². The van der Waals surface area contributed by atoms with Crippen LogP contribution in [0.1, 0.15) is 26.5 Å². The molecule has 3 nitrogen and oxygen atoms in total. The topological polar surface area (TPSA) is 39.4 Å². The van der Waals surface area contributed by atoms with Crippen molar-refractivity contribution in [3.8, 4) is 0 Å². The second kappa shape index (κ2) is 5.70. The highest BCUT2D eigenvalue weighted by molar-refractivity contribution is 8.01. The molecule has 1 aromatic heterocycles. The van der Waals surface area contributed by atoms with Gasteiger partial charge in [-0.2, -0.15) is 0 Å². The first-order valence-corrected chi connectivity index (χ1v) is 7.20. The van der Waals surface area contributed by atoms with Crippen molar-refractivity contribution in [2.75, 3.05) is 5.75 Å². The third kappa shape index (κ3) is 4.31. The van der Waals surface area contributed by atoms with Crippen molar-refractivity contribution < 1.29 is 13.9 Å². The summed E-state index contributed by atoms with van der Waals surface area (Å²) in [5.41, 5.74) is 0.817. The monoisotopic (exact) mass is 278 g/mol. The lowest BCUT2D eigenvalue weighted by atomic mass is 10.2. The van der Waals surface area contributed by atoms with Crippen molar-refractivity contribution >= 4 is 28.7 Å². The minimum absolute atomic E-state index is 0.0678. The van der Waals surface area contributed by atoms with Crippen LogP contribution in [0.25, 0.3) is 11.0 Å². The molecule has 0 bridgehead atoms. The largest absolute Gasteiger partial charge is 0.457 e. The van der Waals surface area contributed by atoms with E-state index in [1.54, 1.807) is 11.8 Å². The van der Waals surface area contributed by atoms with Crippen LogP contribution >= 0.6 is 11.8 Å². The first-order valence-electron chi connectivity index (χ1n) is 6.21. The van der Waals surface area contributed by atoms with E-state index in [1.165, 1.54) is 0 Å². The summed E-state index contributed by atoms with van der Waals surface area (Å²) in [5.74, 6) is 0.833. The summed E-state index contributed by atoms with van der Waals surface area (Å²) in [4.78, 5) is 11.6. The maximum Gasteiger partial charge on any atom is 0.316 e. The van der Waals surface area contributed by atoms with Gasteiger partial charge in [0.05, 0.1) is 5.75 Å². The van der Waals surface area contributed by atoms with Crippen molar-refractivity contribution in [1.82, 2.24) is 0 Å². The molecule has 2 aromatic rings. The van der Waals surface area contributed by atoms with Crippen LogP contribution in [0.2, 0.25) is 0 Å². The molecule has 0 amide bonds. The van der Waals surface area contributed by atoms with Gasteiger partial charge in [-0.3, -0.25) is 4.79 Å². The van der Waals surface area contributed by atoms with Crippen LogP contribution in [0.3, 0.4) is 0 Å². The zero-order chi connectivity index (χ0) is 13.9. The molecule has 0 atom stereocenters. The van der Waals surface area contributed by atoms with Crippen molar-refractivity contribution in [3.05, 3.63) is 36.1 Å². The molecule has 0 aliphatic heterocycles. The average Bonchev–Trinajstić information content (AvgIpc) is 2.75. The number of rotatable bonds is 4. The highest BCUT2D eigenvalue weighted by Gasteiger charge is 2.14. The Bertz CT molecular complexity index is 533. The number of thioether (sulfide) groups is 1. The third-order valence-corrected chi connectivity index (χ3v) is 3.72. The Morgan fingerprint density at radius 3 is 2.74 bits per heavy atom. The molecule has 0 aliphatic carbocycles. The number of para-hydroxylation sites is 1. The number of ether oxygens (including phenoxy) is 1. The third-order valence-electron chi connectivity index (χ3n) is 2.48. The summed E-state index contributed by atoms with van der Waals surface area (Å²) >= 11 is 1.58. The fourth-order valence-electron chi connectivity index (χ4n) is 1.58. The number of carbonyl (C=O) groups excluding carboxylic acids is 1. The summed E-state index contributed by atoms with van der Waals surface area (Å²) in [6.07, 6.45) is 0. The second-order valence-electron chi connectivity index (χ2n) is 5.31. The molecule has 1 aromatic carbocycles. The number of fused-ring (bicyclic) bond motifs is 1. The van der Waals surface area contributed by atoms with Gasteiger partial charge in [0.2, 0.25) is 0 Å². The van der Waals surface area contributed by atoms with E-state index in [1.807, 2.05) is 30.3 Å². The first kappa shape index (κ1) is 14.0. The van der Waals surface area contributed by atoms with E-state index in [9.17, 15) is 4.79 Å². The summed E-state index contributed by atoms with van der Waals surface area (Å²) in [5, 5.41) is 1.03. The van der Waals surface area contributed by atoms with Crippen LogP contribution in [0, 0.1) is 0 Å². The molecule has 0 saturated carbocycles. The van der Waals surface area contributed by atoms with Crippen LogP contribution in [-0.2, 0) is 16.1 Å². The van der Waals surface area contributed by atoms with Gasteiger partial charge in [0.25, 0.3) is 0 Å². The van der Waals surface area contributed by atoms with Crippen LogP contribution in [-0.4, -0.2) is 16.5 Å². The molecule has 0 aliphatic rings. The van der Waals surface area contributed by atoms with E-state index < -0.39 is 0 Å². The maximum absolute atomic E-state index is 11.6. The van der Waals surface area contributed by atoms with Crippen molar-refractivity contribution in [2.45, 2.75) is 32.1 Å². The van der Waals surface area contributed by atoms with Crippen molar-refractivity contribution in [3.63, 3.8) is 0 Å². The van der Waals surface area contributed by atoms with Crippen LogP contribution in [0.15, 0.2) is 34.7 Å². The van der Waals surface area contributed by atoms with Gasteiger partial charge in [-0.05, 0) is 12.1 Å². The van der Waals surface area contributed by atoms with Crippen LogP contribution in [0.4, 0.5) is 0 Å². The van der Waals surface area contributed by atoms with Crippen LogP contribution in [0.5, 0.6) is 0 Å². The van der Waals surface area contributed by atoms with E-state index in [0.717, 1.165) is 11.0 Å². The second-order valence-corrected chi connectivity index (χ2v) is 7.11. The summed E-state index contributed by atoms with van der Waals surface area (Å²) in [6, 6.07) is 9.64. The fraction of sp³-hybridized carbons (Fsp3) is 0.400. The smallest absolute Gasteiger partial charge is 0.316 e. The quantitative estimate of drug-likeness (QED) is 0.792.